The van der Waals surface area contributed by atoms with E-state index in [1.54, 1.807) is 24.3 Å². The Morgan fingerprint density at radius 3 is 1.46 bits per heavy atom. The lowest BCUT2D eigenvalue weighted by molar-refractivity contribution is -0.141. The zero-order valence-corrected chi connectivity index (χ0v) is 14.6. The van der Waals surface area contributed by atoms with Crippen LogP contribution in [-0.4, -0.2) is 25.2 Å². The van der Waals surface area contributed by atoms with E-state index in [0.29, 0.717) is 25.0 Å². The number of carbonyl (C=O) groups is 2. The molecule has 0 amide bonds. The van der Waals surface area contributed by atoms with Crippen LogP contribution in [0, 0.1) is 11.8 Å². The van der Waals surface area contributed by atoms with Crippen molar-refractivity contribution in [3.05, 3.63) is 48.6 Å². The summed E-state index contributed by atoms with van der Waals surface area (Å²) in [4.78, 5) is 23.0. The third kappa shape index (κ3) is 9.13. The van der Waals surface area contributed by atoms with Crippen LogP contribution in [-0.2, 0) is 19.1 Å². The topological polar surface area (TPSA) is 52.6 Å². The molecule has 0 aromatic heterocycles. The van der Waals surface area contributed by atoms with Crippen molar-refractivity contribution in [2.75, 3.05) is 13.2 Å². The van der Waals surface area contributed by atoms with Crippen molar-refractivity contribution in [1.29, 1.82) is 0 Å². The molecule has 4 heteroatoms. The molecular formula is C20H28O4. The minimum absolute atomic E-state index is 0.294. The van der Waals surface area contributed by atoms with Gasteiger partial charge in [-0.25, -0.2) is 9.59 Å². The van der Waals surface area contributed by atoms with E-state index < -0.39 is 0 Å². The molecule has 1 aliphatic rings. The normalized spacial score (nSPS) is 21.9. The van der Waals surface area contributed by atoms with E-state index >= 15 is 0 Å². The van der Waals surface area contributed by atoms with Crippen molar-refractivity contribution in [3.8, 4) is 0 Å². The van der Waals surface area contributed by atoms with Gasteiger partial charge in [-0.3, -0.25) is 0 Å². The van der Waals surface area contributed by atoms with Crippen molar-refractivity contribution in [2.45, 2.75) is 39.5 Å². The quantitative estimate of drug-likeness (QED) is 0.381. The third-order valence-electron chi connectivity index (χ3n) is 3.96. The number of allylic oxidation sites excluding steroid dienone is 6. The molecule has 0 unspecified atom stereocenters. The first-order valence-corrected chi connectivity index (χ1v) is 8.58. The van der Waals surface area contributed by atoms with Crippen molar-refractivity contribution >= 4 is 11.9 Å². The van der Waals surface area contributed by atoms with E-state index in [-0.39, 0.29) is 11.9 Å². The Hall–Kier alpha value is -2.10. The van der Waals surface area contributed by atoms with Crippen LogP contribution in [0.2, 0.25) is 0 Å². The van der Waals surface area contributed by atoms with E-state index in [0.717, 1.165) is 25.7 Å². The lowest BCUT2D eigenvalue weighted by Gasteiger charge is -2.27. The molecule has 1 aliphatic carbocycles. The van der Waals surface area contributed by atoms with Gasteiger partial charge in [0.05, 0.1) is 13.2 Å². The highest BCUT2D eigenvalue weighted by Gasteiger charge is 2.22. The summed E-state index contributed by atoms with van der Waals surface area (Å²) < 4.78 is 10.5. The average Bonchev–Trinajstić information content (AvgIpc) is 2.59. The van der Waals surface area contributed by atoms with Gasteiger partial charge in [0.1, 0.15) is 0 Å². The van der Waals surface area contributed by atoms with E-state index in [1.165, 1.54) is 12.2 Å². The third-order valence-corrected chi connectivity index (χ3v) is 3.96. The average molecular weight is 332 g/mol. The van der Waals surface area contributed by atoms with Gasteiger partial charge in [-0.1, -0.05) is 36.5 Å². The monoisotopic (exact) mass is 332 g/mol. The second kappa shape index (κ2) is 12.3. The van der Waals surface area contributed by atoms with Crippen LogP contribution in [0.5, 0.6) is 0 Å². The number of esters is 2. The standard InChI is InChI=1S/C20H28O4/c1-3-5-7-9-19(21)23-15-17-11-13-18(14-12-17)16-24-20(22)10-8-6-4-2/h3-10,17-18H,11-16H2,1-2H3. The molecule has 0 N–H and O–H groups in total. The Kier molecular flexibility index (Phi) is 10.3. The van der Waals surface area contributed by atoms with Crippen LogP contribution in [0.4, 0.5) is 0 Å². The molecule has 1 saturated carbocycles. The van der Waals surface area contributed by atoms with Crippen molar-refractivity contribution < 1.29 is 19.1 Å². The van der Waals surface area contributed by atoms with Crippen molar-refractivity contribution in [1.82, 2.24) is 0 Å². The maximum absolute atomic E-state index is 11.5. The summed E-state index contributed by atoms with van der Waals surface area (Å²) in [6, 6.07) is 0. The maximum Gasteiger partial charge on any atom is 0.330 e. The van der Waals surface area contributed by atoms with Gasteiger partial charge >= 0.3 is 11.9 Å². The molecule has 0 aliphatic heterocycles. The molecular weight excluding hydrogens is 304 g/mol. The number of carbonyl (C=O) groups excluding carboxylic acids is 2. The number of rotatable bonds is 8. The second-order valence-corrected chi connectivity index (χ2v) is 5.92. The molecule has 0 heterocycles. The van der Waals surface area contributed by atoms with Gasteiger partial charge in [-0.05, 0) is 51.4 Å². The Balaban J connectivity index is 2.17. The van der Waals surface area contributed by atoms with E-state index in [1.807, 2.05) is 26.0 Å². The largest absolute Gasteiger partial charge is 0.462 e. The SMILES string of the molecule is CC=CC=CC(=O)OCC1CCC(COC(=O)C=CC=CC)CC1. The molecule has 1 rings (SSSR count). The lowest BCUT2D eigenvalue weighted by atomic mass is 9.83. The van der Waals surface area contributed by atoms with Gasteiger partial charge in [0.25, 0.3) is 0 Å². The van der Waals surface area contributed by atoms with Crippen LogP contribution in [0.1, 0.15) is 39.5 Å². The van der Waals surface area contributed by atoms with Gasteiger partial charge in [0, 0.05) is 12.2 Å². The van der Waals surface area contributed by atoms with Crippen molar-refractivity contribution in [2.24, 2.45) is 11.8 Å². The van der Waals surface area contributed by atoms with Crippen LogP contribution in [0.25, 0.3) is 0 Å². The molecule has 132 valence electrons. The fourth-order valence-electron chi connectivity index (χ4n) is 2.55. The van der Waals surface area contributed by atoms with Gasteiger partial charge in [-0.15, -0.1) is 0 Å². The van der Waals surface area contributed by atoms with Crippen LogP contribution in [0.15, 0.2) is 48.6 Å². The molecule has 4 nitrogen and oxygen atoms in total. The van der Waals surface area contributed by atoms with Crippen LogP contribution >= 0.6 is 0 Å². The molecule has 24 heavy (non-hydrogen) atoms. The fourth-order valence-corrected chi connectivity index (χ4v) is 2.55. The summed E-state index contributed by atoms with van der Waals surface area (Å²) in [7, 11) is 0. The molecule has 0 saturated heterocycles. The summed E-state index contributed by atoms with van der Waals surface area (Å²) in [5.41, 5.74) is 0. The van der Waals surface area contributed by atoms with Crippen LogP contribution in [0.3, 0.4) is 0 Å². The summed E-state index contributed by atoms with van der Waals surface area (Å²) in [5.74, 6) is 0.227. The van der Waals surface area contributed by atoms with Crippen molar-refractivity contribution in [3.63, 3.8) is 0 Å². The summed E-state index contributed by atoms with van der Waals surface area (Å²) in [5, 5.41) is 0. The van der Waals surface area contributed by atoms with Gasteiger partial charge < -0.3 is 9.47 Å². The summed E-state index contributed by atoms with van der Waals surface area (Å²) in [6.45, 7) is 4.73. The molecule has 1 fully saturated rings. The highest BCUT2D eigenvalue weighted by molar-refractivity contribution is 5.82. The molecule has 0 atom stereocenters. The van der Waals surface area contributed by atoms with Gasteiger partial charge in [0.2, 0.25) is 0 Å². The first-order chi connectivity index (χ1) is 11.7. The minimum Gasteiger partial charge on any atom is -0.462 e. The van der Waals surface area contributed by atoms with Gasteiger partial charge in [-0.2, -0.15) is 0 Å². The Labute approximate surface area is 144 Å². The second-order valence-electron chi connectivity index (χ2n) is 5.92. The fraction of sp³-hybridized carbons (Fsp3) is 0.500. The van der Waals surface area contributed by atoms with E-state index in [4.69, 9.17) is 9.47 Å². The molecule has 0 spiro atoms. The molecule has 0 aromatic rings. The van der Waals surface area contributed by atoms with Crippen LogP contribution < -0.4 is 0 Å². The number of hydrogen-bond donors (Lipinski definition) is 0. The smallest absolute Gasteiger partial charge is 0.330 e. The van der Waals surface area contributed by atoms with Gasteiger partial charge in [0.15, 0.2) is 0 Å². The molecule has 0 aromatic carbocycles. The lowest BCUT2D eigenvalue weighted by Crippen LogP contribution is -2.23. The number of ether oxygens (including phenoxy) is 2. The highest BCUT2D eigenvalue weighted by Crippen LogP contribution is 2.29. The predicted octanol–water partition coefficient (Wildman–Crippen LogP) is 4.14. The Bertz CT molecular complexity index is 446. The molecule has 0 radical (unpaired) electrons. The zero-order chi connectivity index (χ0) is 17.6. The summed E-state index contributed by atoms with van der Waals surface area (Å²) in [6.07, 6.45) is 17.5. The predicted molar refractivity (Wildman–Crippen MR) is 95.3 cm³/mol. The summed E-state index contributed by atoms with van der Waals surface area (Å²) >= 11 is 0. The Morgan fingerprint density at radius 2 is 1.12 bits per heavy atom. The zero-order valence-electron chi connectivity index (χ0n) is 14.6. The van der Waals surface area contributed by atoms with E-state index in [9.17, 15) is 9.59 Å². The number of hydrogen-bond acceptors (Lipinski definition) is 4. The Morgan fingerprint density at radius 1 is 0.750 bits per heavy atom. The minimum atomic E-state index is -0.294. The maximum atomic E-state index is 11.5. The first-order valence-electron chi connectivity index (χ1n) is 8.58. The highest BCUT2D eigenvalue weighted by atomic mass is 16.5. The van der Waals surface area contributed by atoms with E-state index in [2.05, 4.69) is 0 Å². The first kappa shape index (κ1) is 19.9. The molecule has 0 bridgehead atoms.